The molecule has 0 radical (unpaired) electrons. The summed E-state index contributed by atoms with van der Waals surface area (Å²) in [6.45, 7) is 3.40. The first-order chi connectivity index (χ1) is 10.2. The Bertz CT molecular complexity index is 473. The Morgan fingerprint density at radius 3 is 2.62 bits per heavy atom. The summed E-state index contributed by atoms with van der Waals surface area (Å²) in [5.74, 6) is 0.270. The zero-order valence-electron chi connectivity index (χ0n) is 12.2. The molecule has 0 unspecified atom stereocenters. The van der Waals surface area contributed by atoms with Crippen LogP contribution in [0.2, 0.25) is 10.0 Å². The molecule has 0 aliphatic carbocycles. The molecular weight excluding hydrogens is 307 g/mol. The van der Waals surface area contributed by atoms with Crippen molar-refractivity contribution in [1.29, 1.82) is 0 Å². The first kappa shape index (κ1) is 16.6. The molecule has 21 heavy (non-hydrogen) atoms. The second-order valence-electron chi connectivity index (χ2n) is 5.43. The maximum atomic E-state index is 12.0. The molecular formula is C16H22Cl2N2O. The van der Waals surface area contributed by atoms with Gasteiger partial charge in [-0.3, -0.25) is 4.79 Å². The van der Waals surface area contributed by atoms with Crippen LogP contribution in [0.25, 0.3) is 0 Å². The molecule has 1 aromatic rings. The van der Waals surface area contributed by atoms with E-state index in [-0.39, 0.29) is 5.91 Å². The Morgan fingerprint density at radius 2 is 1.90 bits per heavy atom. The lowest BCUT2D eigenvalue weighted by Gasteiger charge is -2.26. The summed E-state index contributed by atoms with van der Waals surface area (Å²) < 4.78 is 0. The number of nitrogens with zero attached hydrogens (tertiary/aromatic N) is 1. The molecule has 1 aromatic carbocycles. The Kier molecular flexibility index (Phi) is 6.81. The third-order valence-electron chi connectivity index (χ3n) is 3.81. The van der Waals surface area contributed by atoms with Crippen molar-refractivity contribution in [3.63, 3.8) is 0 Å². The van der Waals surface area contributed by atoms with E-state index in [1.165, 1.54) is 6.42 Å². The fourth-order valence-corrected chi connectivity index (χ4v) is 3.07. The topological polar surface area (TPSA) is 32.3 Å². The zero-order valence-corrected chi connectivity index (χ0v) is 13.7. The molecule has 1 saturated heterocycles. The average molecular weight is 329 g/mol. The van der Waals surface area contributed by atoms with E-state index >= 15 is 0 Å². The van der Waals surface area contributed by atoms with Crippen molar-refractivity contribution in [2.75, 3.05) is 26.2 Å². The number of benzene rings is 1. The fraction of sp³-hybridized carbons (Fsp3) is 0.562. The molecule has 1 fully saturated rings. The van der Waals surface area contributed by atoms with Crippen LogP contribution in [0.3, 0.4) is 0 Å². The highest BCUT2D eigenvalue weighted by molar-refractivity contribution is 6.35. The van der Waals surface area contributed by atoms with E-state index in [1.807, 2.05) is 17.0 Å². The van der Waals surface area contributed by atoms with Crippen LogP contribution in [-0.2, 0) is 11.2 Å². The van der Waals surface area contributed by atoms with Gasteiger partial charge in [-0.05, 0) is 49.9 Å². The summed E-state index contributed by atoms with van der Waals surface area (Å²) in [6.07, 6.45) is 4.97. The minimum Gasteiger partial charge on any atom is -0.343 e. The Hall–Kier alpha value is -0.770. The highest BCUT2D eigenvalue weighted by Gasteiger charge is 2.15. The van der Waals surface area contributed by atoms with E-state index < -0.39 is 0 Å². The van der Waals surface area contributed by atoms with Gasteiger partial charge in [0.25, 0.3) is 0 Å². The molecule has 0 bridgehead atoms. The van der Waals surface area contributed by atoms with Crippen molar-refractivity contribution in [3.05, 3.63) is 33.8 Å². The van der Waals surface area contributed by atoms with Gasteiger partial charge in [-0.25, -0.2) is 0 Å². The molecule has 2 rings (SSSR count). The molecule has 1 N–H and O–H groups in total. The van der Waals surface area contributed by atoms with Gasteiger partial charge in [0.05, 0.1) is 0 Å². The van der Waals surface area contributed by atoms with Crippen molar-refractivity contribution >= 4 is 29.1 Å². The molecule has 0 saturated carbocycles. The first-order valence-corrected chi connectivity index (χ1v) is 8.35. The number of carbonyl (C=O) groups is 1. The van der Waals surface area contributed by atoms with Crippen LogP contribution in [0.15, 0.2) is 18.2 Å². The Balaban J connectivity index is 1.62. The van der Waals surface area contributed by atoms with Crippen LogP contribution in [0.1, 0.15) is 31.2 Å². The van der Waals surface area contributed by atoms with Crippen LogP contribution < -0.4 is 5.32 Å². The van der Waals surface area contributed by atoms with Gasteiger partial charge in [0.1, 0.15) is 0 Å². The average Bonchev–Trinajstić information content (AvgIpc) is 2.49. The van der Waals surface area contributed by atoms with Gasteiger partial charge in [-0.15, -0.1) is 0 Å². The van der Waals surface area contributed by atoms with Gasteiger partial charge < -0.3 is 10.2 Å². The van der Waals surface area contributed by atoms with Crippen LogP contribution in [-0.4, -0.2) is 37.0 Å². The molecule has 0 aromatic heterocycles. The number of hydrogen-bond acceptors (Lipinski definition) is 2. The fourth-order valence-electron chi connectivity index (χ4n) is 2.57. The van der Waals surface area contributed by atoms with E-state index in [4.69, 9.17) is 23.2 Å². The molecule has 5 heteroatoms. The summed E-state index contributed by atoms with van der Waals surface area (Å²) in [4.78, 5) is 14.0. The molecule has 1 aliphatic rings. The minimum atomic E-state index is 0.270. The lowest BCUT2D eigenvalue weighted by atomic mass is 10.1. The van der Waals surface area contributed by atoms with Gasteiger partial charge in [-0.1, -0.05) is 29.3 Å². The summed E-state index contributed by atoms with van der Waals surface area (Å²) >= 11 is 12.0. The third kappa shape index (κ3) is 5.50. The van der Waals surface area contributed by atoms with Crippen molar-refractivity contribution in [2.45, 2.75) is 32.1 Å². The largest absolute Gasteiger partial charge is 0.343 e. The molecule has 1 amide bonds. The lowest BCUT2D eigenvalue weighted by molar-refractivity contribution is -0.131. The Labute approximate surface area is 136 Å². The van der Waals surface area contributed by atoms with E-state index in [0.29, 0.717) is 16.5 Å². The number of rotatable bonds is 6. The van der Waals surface area contributed by atoms with Crippen molar-refractivity contribution < 1.29 is 4.79 Å². The number of halogens is 2. The number of hydrogen-bond donors (Lipinski definition) is 1. The maximum absolute atomic E-state index is 12.0. The lowest BCUT2D eigenvalue weighted by Crippen LogP contribution is -2.37. The van der Waals surface area contributed by atoms with Crippen molar-refractivity contribution in [1.82, 2.24) is 10.2 Å². The van der Waals surface area contributed by atoms with E-state index in [1.54, 1.807) is 6.07 Å². The second kappa shape index (κ2) is 8.62. The normalized spacial score (nSPS) is 15.2. The summed E-state index contributed by atoms with van der Waals surface area (Å²) in [7, 11) is 0. The standard InChI is InChI=1S/C16H22Cl2N2O/c17-14-5-4-13(15(18)12-14)6-8-19-9-7-16(21)20-10-2-1-3-11-20/h4-5,12,19H,1-3,6-11H2. The predicted molar refractivity (Wildman–Crippen MR) is 88.1 cm³/mol. The molecule has 116 valence electrons. The SMILES string of the molecule is O=C(CCNCCc1ccc(Cl)cc1Cl)N1CCCCC1. The second-order valence-corrected chi connectivity index (χ2v) is 6.27. The predicted octanol–water partition coefficient (Wildman–Crippen LogP) is 3.53. The summed E-state index contributed by atoms with van der Waals surface area (Å²) in [5, 5.41) is 4.67. The van der Waals surface area contributed by atoms with Gasteiger partial charge in [0.15, 0.2) is 0 Å². The van der Waals surface area contributed by atoms with Crippen LogP contribution in [0, 0.1) is 0 Å². The minimum absolute atomic E-state index is 0.270. The van der Waals surface area contributed by atoms with E-state index in [2.05, 4.69) is 5.32 Å². The molecule has 0 atom stereocenters. The maximum Gasteiger partial charge on any atom is 0.223 e. The Morgan fingerprint density at radius 1 is 1.14 bits per heavy atom. The van der Waals surface area contributed by atoms with Crippen molar-refractivity contribution in [3.8, 4) is 0 Å². The molecule has 0 spiro atoms. The first-order valence-electron chi connectivity index (χ1n) is 7.59. The van der Waals surface area contributed by atoms with Gasteiger partial charge in [0, 0.05) is 36.1 Å². The number of nitrogens with one attached hydrogen (secondary N) is 1. The highest BCUT2D eigenvalue weighted by Crippen LogP contribution is 2.21. The van der Waals surface area contributed by atoms with Gasteiger partial charge in [-0.2, -0.15) is 0 Å². The molecule has 1 aliphatic heterocycles. The number of piperidine rings is 1. The summed E-state index contributed by atoms with van der Waals surface area (Å²) in [5.41, 5.74) is 1.08. The molecule has 1 heterocycles. The van der Waals surface area contributed by atoms with Crippen molar-refractivity contribution in [2.24, 2.45) is 0 Å². The van der Waals surface area contributed by atoms with Crippen LogP contribution >= 0.6 is 23.2 Å². The monoisotopic (exact) mass is 328 g/mol. The number of carbonyl (C=O) groups excluding carboxylic acids is 1. The van der Waals surface area contributed by atoms with E-state index in [0.717, 1.165) is 51.0 Å². The smallest absolute Gasteiger partial charge is 0.223 e. The highest BCUT2D eigenvalue weighted by atomic mass is 35.5. The zero-order chi connectivity index (χ0) is 15.1. The quantitative estimate of drug-likeness (QED) is 0.810. The van der Waals surface area contributed by atoms with Crippen LogP contribution in [0.5, 0.6) is 0 Å². The van der Waals surface area contributed by atoms with Crippen LogP contribution in [0.4, 0.5) is 0 Å². The molecule has 3 nitrogen and oxygen atoms in total. The van der Waals surface area contributed by atoms with Gasteiger partial charge >= 0.3 is 0 Å². The summed E-state index contributed by atoms with van der Waals surface area (Å²) in [6, 6.07) is 5.56. The van der Waals surface area contributed by atoms with E-state index in [9.17, 15) is 4.79 Å². The third-order valence-corrected chi connectivity index (χ3v) is 4.40. The van der Waals surface area contributed by atoms with Gasteiger partial charge in [0.2, 0.25) is 5.91 Å². The number of amides is 1. The number of likely N-dealkylation sites (tertiary alicyclic amines) is 1.